The molecule has 1 aromatic carbocycles. The first-order chi connectivity index (χ1) is 5.79. The molecule has 0 saturated carbocycles. The second kappa shape index (κ2) is 2.55. The zero-order valence-corrected chi connectivity index (χ0v) is 6.00. The summed E-state index contributed by atoms with van der Waals surface area (Å²) in [4.78, 5) is 0. The summed E-state index contributed by atoms with van der Waals surface area (Å²) in [6.45, 7) is 0. The van der Waals surface area contributed by atoms with Gasteiger partial charge in [-0.2, -0.15) is 0 Å². The van der Waals surface area contributed by atoms with Gasteiger partial charge in [0.15, 0.2) is 5.58 Å². The number of hydrogen-bond acceptors (Lipinski definition) is 2. The van der Waals surface area contributed by atoms with Crippen LogP contribution in [0.4, 0.5) is 8.78 Å². The molecule has 0 aliphatic heterocycles. The lowest BCUT2D eigenvalue weighted by atomic mass is 10.2. The first-order valence-corrected chi connectivity index (χ1v) is 3.40. The summed E-state index contributed by atoms with van der Waals surface area (Å²) in [5.41, 5.74) is 0.0671. The van der Waals surface area contributed by atoms with E-state index in [1.165, 1.54) is 12.3 Å². The van der Waals surface area contributed by atoms with Crippen LogP contribution < -0.4 is 0 Å². The largest absolute Gasteiger partial charge is 0.356 e. The van der Waals surface area contributed by atoms with Gasteiger partial charge in [0.1, 0.15) is 0 Å². The summed E-state index contributed by atoms with van der Waals surface area (Å²) in [7, 11) is 0. The van der Waals surface area contributed by atoms with E-state index >= 15 is 0 Å². The van der Waals surface area contributed by atoms with Gasteiger partial charge in [0.05, 0.1) is 11.8 Å². The van der Waals surface area contributed by atoms with E-state index in [0.717, 1.165) is 0 Å². The molecule has 0 N–H and O–H groups in total. The first-order valence-electron chi connectivity index (χ1n) is 3.40. The Labute approximate surface area is 66.8 Å². The summed E-state index contributed by atoms with van der Waals surface area (Å²) in [6, 6.07) is 4.57. The molecule has 0 radical (unpaired) electrons. The van der Waals surface area contributed by atoms with Crippen LogP contribution in [0.2, 0.25) is 0 Å². The Morgan fingerprint density at radius 2 is 2.17 bits per heavy atom. The van der Waals surface area contributed by atoms with E-state index in [0.29, 0.717) is 5.39 Å². The van der Waals surface area contributed by atoms with Crippen molar-refractivity contribution in [3.63, 3.8) is 0 Å². The number of rotatable bonds is 1. The Morgan fingerprint density at radius 3 is 2.92 bits per heavy atom. The molecule has 12 heavy (non-hydrogen) atoms. The van der Waals surface area contributed by atoms with Crippen LogP contribution in [-0.4, -0.2) is 5.16 Å². The standard InChI is InChI=1S/C8H5F2NO/c9-8(10)6-3-1-2-5-4-11-12-7(5)6/h1-4,8H. The van der Waals surface area contributed by atoms with Crippen molar-refractivity contribution in [1.29, 1.82) is 0 Å². The minimum atomic E-state index is -2.51. The zero-order chi connectivity index (χ0) is 8.55. The van der Waals surface area contributed by atoms with Crippen LogP contribution in [0.3, 0.4) is 0 Å². The molecule has 0 aliphatic carbocycles. The summed E-state index contributed by atoms with van der Waals surface area (Å²) >= 11 is 0. The smallest absolute Gasteiger partial charge is 0.267 e. The Balaban J connectivity index is 2.73. The summed E-state index contributed by atoms with van der Waals surface area (Å²) in [5, 5.41) is 4.04. The van der Waals surface area contributed by atoms with Crippen molar-refractivity contribution < 1.29 is 13.3 Å². The van der Waals surface area contributed by atoms with Gasteiger partial charge in [-0.3, -0.25) is 0 Å². The molecule has 0 fully saturated rings. The lowest BCUT2D eigenvalue weighted by Crippen LogP contribution is -1.83. The van der Waals surface area contributed by atoms with Crippen LogP contribution in [0, 0.1) is 0 Å². The van der Waals surface area contributed by atoms with E-state index in [-0.39, 0.29) is 11.1 Å². The van der Waals surface area contributed by atoms with Crippen molar-refractivity contribution in [2.24, 2.45) is 0 Å². The van der Waals surface area contributed by atoms with Gasteiger partial charge < -0.3 is 4.52 Å². The highest BCUT2D eigenvalue weighted by Gasteiger charge is 2.13. The maximum absolute atomic E-state index is 12.3. The number of hydrogen-bond donors (Lipinski definition) is 0. The maximum atomic E-state index is 12.3. The van der Waals surface area contributed by atoms with Crippen molar-refractivity contribution in [2.45, 2.75) is 6.43 Å². The SMILES string of the molecule is FC(F)c1cccc2cnoc12. The van der Waals surface area contributed by atoms with Gasteiger partial charge in [-0.25, -0.2) is 8.78 Å². The van der Waals surface area contributed by atoms with Crippen molar-refractivity contribution in [3.05, 3.63) is 30.0 Å². The van der Waals surface area contributed by atoms with E-state index < -0.39 is 6.43 Å². The number of alkyl halides is 2. The lowest BCUT2D eigenvalue weighted by Gasteiger charge is -1.97. The third kappa shape index (κ3) is 0.958. The van der Waals surface area contributed by atoms with Crippen LogP contribution in [0.15, 0.2) is 28.9 Å². The average Bonchev–Trinajstić information content (AvgIpc) is 2.49. The third-order valence-electron chi connectivity index (χ3n) is 1.65. The minimum absolute atomic E-state index is 0.106. The van der Waals surface area contributed by atoms with Crippen molar-refractivity contribution in [2.75, 3.05) is 0 Å². The van der Waals surface area contributed by atoms with E-state index in [2.05, 4.69) is 9.68 Å². The summed E-state index contributed by atoms with van der Waals surface area (Å²) in [6.07, 6.45) is -1.09. The Kier molecular flexibility index (Phi) is 1.53. The van der Waals surface area contributed by atoms with Crippen LogP contribution in [0.25, 0.3) is 11.0 Å². The zero-order valence-electron chi connectivity index (χ0n) is 6.00. The van der Waals surface area contributed by atoms with Gasteiger partial charge in [-0.05, 0) is 12.1 Å². The van der Waals surface area contributed by atoms with Crippen molar-refractivity contribution >= 4 is 11.0 Å². The Hall–Kier alpha value is -1.45. The summed E-state index contributed by atoms with van der Waals surface area (Å²) in [5.74, 6) is 0. The molecule has 0 unspecified atom stereocenters. The van der Waals surface area contributed by atoms with E-state index in [1.807, 2.05) is 0 Å². The quantitative estimate of drug-likeness (QED) is 0.656. The van der Waals surface area contributed by atoms with Crippen molar-refractivity contribution in [1.82, 2.24) is 5.16 Å². The van der Waals surface area contributed by atoms with Crippen LogP contribution in [0.5, 0.6) is 0 Å². The van der Waals surface area contributed by atoms with Gasteiger partial charge in [0.25, 0.3) is 6.43 Å². The molecule has 1 aromatic heterocycles. The minimum Gasteiger partial charge on any atom is -0.356 e. The molecule has 4 heteroatoms. The molecule has 0 saturated heterocycles. The normalized spacial score (nSPS) is 11.2. The molecular weight excluding hydrogens is 164 g/mol. The number of fused-ring (bicyclic) bond motifs is 1. The fraction of sp³-hybridized carbons (Fsp3) is 0.125. The van der Waals surface area contributed by atoms with Crippen LogP contribution >= 0.6 is 0 Å². The molecule has 62 valence electrons. The fourth-order valence-electron chi connectivity index (χ4n) is 1.09. The fourth-order valence-corrected chi connectivity index (χ4v) is 1.09. The van der Waals surface area contributed by atoms with E-state index in [9.17, 15) is 8.78 Å². The Morgan fingerprint density at radius 1 is 1.33 bits per heavy atom. The molecule has 0 aliphatic rings. The molecule has 0 amide bonds. The molecule has 2 rings (SSSR count). The second-order valence-electron chi connectivity index (χ2n) is 2.39. The van der Waals surface area contributed by atoms with Crippen molar-refractivity contribution in [3.8, 4) is 0 Å². The molecule has 1 heterocycles. The summed E-state index contributed by atoms with van der Waals surface area (Å²) < 4.78 is 29.3. The number of para-hydroxylation sites is 1. The number of nitrogens with zero attached hydrogens (tertiary/aromatic N) is 1. The maximum Gasteiger partial charge on any atom is 0.267 e. The molecule has 2 aromatic rings. The highest BCUT2D eigenvalue weighted by Crippen LogP contribution is 2.26. The lowest BCUT2D eigenvalue weighted by molar-refractivity contribution is 0.151. The predicted octanol–water partition coefficient (Wildman–Crippen LogP) is 2.77. The van der Waals surface area contributed by atoms with Gasteiger partial charge >= 0.3 is 0 Å². The highest BCUT2D eigenvalue weighted by molar-refractivity contribution is 5.79. The molecule has 0 atom stereocenters. The Bertz CT molecular complexity index is 397. The molecule has 0 spiro atoms. The molecule has 2 nitrogen and oxygen atoms in total. The van der Waals surface area contributed by atoms with Crippen LogP contribution in [0.1, 0.15) is 12.0 Å². The topological polar surface area (TPSA) is 26.0 Å². The number of halogens is 2. The number of benzene rings is 1. The highest BCUT2D eigenvalue weighted by atomic mass is 19.3. The van der Waals surface area contributed by atoms with Gasteiger partial charge in [-0.15, -0.1) is 0 Å². The van der Waals surface area contributed by atoms with E-state index in [4.69, 9.17) is 0 Å². The number of aromatic nitrogens is 1. The van der Waals surface area contributed by atoms with E-state index in [1.54, 1.807) is 12.1 Å². The predicted molar refractivity (Wildman–Crippen MR) is 39.0 cm³/mol. The van der Waals surface area contributed by atoms with Gasteiger partial charge in [0.2, 0.25) is 0 Å². The monoisotopic (exact) mass is 169 g/mol. The second-order valence-corrected chi connectivity index (χ2v) is 2.39. The average molecular weight is 169 g/mol. The first kappa shape index (κ1) is 7.21. The van der Waals surface area contributed by atoms with Gasteiger partial charge in [0, 0.05) is 5.39 Å². The molecule has 0 bridgehead atoms. The molecular formula is C8H5F2NO. The van der Waals surface area contributed by atoms with Gasteiger partial charge in [-0.1, -0.05) is 11.2 Å². The third-order valence-corrected chi connectivity index (χ3v) is 1.65. The van der Waals surface area contributed by atoms with Crippen LogP contribution in [-0.2, 0) is 0 Å².